The number of nitrogens with one attached hydrogen (secondary N) is 1. The summed E-state index contributed by atoms with van der Waals surface area (Å²) < 4.78 is 0. The molecule has 0 spiro atoms. The number of fused-ring (bicyclic) bond motifs is 2. The standard InChI is InChI=1S/C21H19N5/c1-25-17-12-6-5-11-16(17)23-21-20(25)24-19(15-9-3-2-4-10-15)26(21)18-13-7-8-14-22-18/h2-14,20-21,23H,1H3/t20-,21-/m1/s1. The Morgan fingerprint density at radius 3 is 2.46 bits per heavy atom. The number of benzene rings is 2. The molecule has 0 saturated carbocycles. The van der Waals surface area contributed by atoms with Crippen molar-refractivity contribution >= 4 is 23.0 Å². The van der Waals surface area contributed by atoms with Gasteiger partial charge in [0, 0.05) is 18.8 Å². The molecule has 5 rings (SSSR count). The van der Waals surface area contributed by atoms with Crippen molar-refractivity contribution < 1.29 is 0 Å². The van der Waals surface area contributed by atoms with Crippen LogP contribution in [0.1, 0.15) is 5.56 Å². The molecule has 128 valence electrons. The van der Waals surface area contributed by atoms with Gasteiger partial charge in [0.2, 0.25) is 0 Å². The van der Waals surface area contributed by atoms with Crippen molar-refractivity contribution in [1.29, 1.82) is 0 Å². The number of nitrogens with zero attached hydrogens (tertiary/aromatic N) is 4. The van der Waals surface area contributed by atoms with E-state index in [2.05, 4.69) is 63.5 Å². The van der Waals surface area contributed by atoms with Gasteiger partial charge in [0.05, 0.1) is 11.4 Å². The van der Waals surface area contributed by atoms with Gasteiger partial charge in [-0.15, -0.1) is 0 Å². The van der Waals surface area contributed by atoms with Crippen LogP contribution in [-0.4, -0.2) is 30.2 Å². The van der Waals surface area contributed by atoms with Gasteiger partial charge in [-0.05, 0) is 24.3 Å². The van der Waals surface area contributed by atoms with E-state index >= 15 is 0 Å². The lowest BCUT2D eigenvalue weighted by molar-refractivity contribution is 0.576. The molecular formula is C21H19N5. The minimum absolute atomic E-state index is 0.0139. The molecule has 5 heteroatoms. The summed E-state index contributed by atoms with van der Waals surface area (Å²) in [5.74, 6) is 1.83. The predicted octanol–water partition coefficient (Wildman–Crippen LogP) is 3.56. The predicted molar refractivity (Wildman–Crippen MR) is 106 cm³/mol. The third-order valence-electron chi connectivity index (χ3n) is 4.96. The van der Waals surface area contributed by atoms with Crippen molar-refractivity contribution in [3.05, 3.63) is 84.6 Å². The van der Waals surface area contributed by atoms with Crippen LogP contribution in [0.3, 0.4) is 0 Å². The average Bonchev–Trinajstić information content (AvgIpc) is 3.09. The van der Waals surface area contributed by atoms with Crippen molar-refractivity contribution in [2.75, 3.05) is 22.2 Å². The third-order valence-corrected chi connectivity index (χ3v) is 4.96. The summed E-state index contributed by atoms with van der Waals surface area (Å²) in [7, 11) is 2.10. The fourth-order valence-electron chi connectivity index (χ4n) is 3.71. The smallest absolute Gasteiger partial charge is 0.163 e. The van der Waals surface area contributed by atoms with Gasteiger partial charge < -0.3 is 10.2 Å². The first-order valence-corrected chi connectivity index (χ1v) is 8.75. The monoisotopic (exact) mass is 341 g/mol. The minimum atomic E-state index is -0.0258. The quantitative estimate of drug-likeness (QED) is 0.774. The molecule has 2 aromatic carbocycles. The molecule has 0 aliphatic carbocycles. The topological polar surface area (TPSA) is 43.8 Å². The normalized spacial score (nSPS) is 20.9. The molecule has 2 atom stereocenters. The molecule has 0 bridgehead atoms. The molecule has 0 radical (unpaired) electrons. The Morgan fingerprint density at radius 2 is 1.65 bits per heavy atom. The van der Waals surface area contributed by atoms with E-state index in [9.17, 15) is 0 Å². The number of likely N-dealkylation sites (N-methyl/N-ethyl adjacent to an activating group) is 1. The summed E-state index contributed by atoms with van der Waals surface area (Å²) in [5, 5.41) is 3.67. The zero-order chi connectivity index (χ0) is 17.5. The van der Waals surface area contributed by atoms with Crippen LogP contribution in [0.4, 0.5) is 17.2 Å². The lowest BCUT2D eigenvalue weighted by Crippen LogP contribution is -2.53. The van der Waals surface area contributed by atoms with Crippen LogP contribution in [0.15, 0.2) is 84.0 Å². The van der Waals surface area contributed by atoms with Crippen molar-refractivity contribution in [1.82, 2.24) is 4.98 Å². The molecule has 0 saturated heterocycles. The highest BCUT2D eigenvalue weighted by Gasteiger charge is 2.43. The molecule has 2 aliphatic rings. The Kier molecular flexibility index (Phi) is 3.38. The zero-order valence-electron chi connectivity index (χ0n) is 14.4. The summed E-state index contributed by atoms with van der Waals surface area (Å²) in [6.45, 7) is 0. The first-order valence-electron chi connectivity index (χ1n) is 8.75. The highest BCUT2D eigenvalue weighted by molar-refractivity contribution is 6.12. The van der Waals surface area contributed by atoms with Gasteiger partial charge >= 0.3 is 0 Å². The second-order valence-electron chi connectivity index (χ2n) is 6.51. The number of aliphatic imine (C=N–C) groups is 1. The maximum atomic E-state index is 5.08. The average molecular weight is 341 g/mol. The molecule has 0 fully saturated rings. The molecule has 5 nitrogen and oxygen atoms in total. The van der Waals surface area contributed by atoms with E-state index in [0.29, 0.717) is 0 Å². The van der Waals surface area contributed by atoms with Crippen LogP contribution in [-0.2, 0) is 0 Å². The fourth-order valence-corrected chi connectivity index (χ4v) is 3.71. The van der Waals surface area contributed by atoms with Crippen molar-refractivity contribution in [3.8, 4) is 0 Å². The Balaban J connectivity index is 1.65. The maximum absolute atomic E-state index is 5.08. The van der Waals surface area contributed by atoms with E-state index in [1.165, 1.54) is 0 Å². The number of pyridine rings is 1. The van der Waals surface area contributed by atoms with Crippen LogP contribution in [0.5, 0.6) is 0 Å². The number of amidine groups is 1. The van der Waals surface area contributed by atoms with E-state index in [1.807, 2.05) is 42.6 Å². The number of aromatic nitrogens is 1. The van der Waals surface area contributed by atoms with Crippen LogP contribution in [0.2, 0.25) is 0 Å². The minimum Gasteiger partial charge on any atom is -0.360 e. The molecule has 0 amide bonds. The molecule has 3 heterocycles. The molecule has 1 N–H and O–H groups in total. The Hall–Kier alpha value is -3.34. The van der Waals surface area contributed by atoms with Crippen LogP contribution >= 0.6 is 0 Å². The molecule has 3 aromatic rings. The summed E-state index contributed by atoms with van der Waals surface area (Å²) in [6, 6.07) is 24.6. The first kappa shape index (κ1) is 15.0. The van der Waals surface area contributed by atoms with Crippen molar-refractivity contribution in [3.63, 3.8) is 0 Å². The number of para-hydroxylation sites is 2. The lowest BCUT2D eigenvalue weighted by atomic mass is 10.1. The van der Waals surface area contributed by atoms with E-state index in [1.54, 1.807) is 0 Å². The van der Waals surface area contributed by atoms with Crippen molar-refractivity contribution in [2.45, 2.75) is 12.3 Å². The number of hydrogen-bond donors (Lipinski definition) is 1. The highest BCUT2D eigenvalue weighted by Crippen LogP contribution is 2.38. The molecule has 0 unspecified atom stereocenters. The van der Waals surface area contributed by atoms with E-state index in [-0.39, 0.29) is 12.3 Å². The zero-order valence-corrected chi connectivity index (χ0v) is 14.4. The number of hydrogen-bond acceptors (Lipinski definition) is 5. The Morgan fingerprint density at radius 1 is 0.885 bits per heavy atom. The summed E-state index contributed by atoms with van der Waals surface area (Å²) >= 11 is 0. The number of anilines is 3. The van der Waals surface area contributed by atoms with Gasteiger partial charge in [-0.25, -0.2) is 9.98 Å². The van der Waals surface area contributed by atoms with Gasteiger partial charge in [0.1, 0.15) is 17.8 Å². The van der Waals surface area contributed by atoms with Crippen molar-refractivity contribution in [2.24, 2.45) is 4.99 Å². The highest BCUT2D eigenvalue weighted by atomic mass is 15.5. The lowest BCUT2D eigenvalue weighted by Gasteiger charge is -2.40. The second kappa shape index (κ2) is 5.88. The van der Waals surface area contributed by atoms with Gasteiger partial charge in [0.25, 0.3) is 0 Å². The molecule has 2 aliphatic heterocycles. The number of rotatable bonds is 2. The van der Waals surface area contributed by atoms with E-state index < -0.39 is 0 Å². The molecule has 26 heavy (non-hydrogen) atoms. The van der Waals surface area contributed by atoms with Crippen LogP contribution < -0.4 is 15.1 Å². The fraction of sp³-hybridized carbons (Fsp3) is 0.143. The Labute approximate surface area is 152 Å². The maximum Gasteiger partial charge on any atom is 0.163 e. The SMILES string of the molecule is CN1c2ccccc2N[C@H]2[C@@H]1N=C(c1ccccc1)N2c1ccccn1. The Bertz CT molecular complexity index is 954. The molecular weight excluding hydrogens is 322 g/mol. The first-order chi connectivity index (χ1) is 12.8. The van der Waals surface area contributed by atoms with Gasteiger partial charge in [-0.2, -0.15) is 0 Å². The van der Waals surface area contributed by atoms with Gasteiger partial charge in [-0.1, -0.05) is 48.5 Å². The third kappa shape index (κ3) is 2.24. The van der Waals surface area contributed by atoms with E-state index in [4.69, 9.17) is 4.99 Å². The van der Waals surface area contributed by atoms with Crippen LogP contribution in [0, 0.1) is 0 Å². The largest absolute Gasteiger partial charge is 0.360 e. The van der Waals surface area contributed by atoms with Crippen LogP contribution in [0.25, 0.3) is 0 Å². The second-order valence-corrected chi connectivity index (χ2v) is 6.51. The molecule has 1 aromatic heterocycles. The summed E-state index contributed by atoms with van der Waals surface area (Å²) in [5.41, 5.74) is 3.36. The van der Waals surface area contributed by atoms with Gasteiger partial charge in [0.15, 0.2) is 6.17 Å². The summed E-state index contributed by atoms with van der Waals surface area (Å²) in [6.07, 6.45) is 1.79. The summed E-state index contributed by atoms with van der Waals surface area (Å²) in [4.78, 5) is 14.1. The van der Waals surface area contributed by atoms with E-state index in [0.717, 1.165) is 28.6 Å². The van der Waals surface area contributed by atoms with Gasteiger partial charge in [-0.3, -0.25) is 4.90 Å².